The van der Waals surface area contributed by atoms with Gasteiger partial charge in [0.1, 0.15) is 11.9 Å². The second kappa shape index (κ2) is 11.5. The van der Waals surface area contributed by atoms with Gasteiger partial charge in [0.15, 0.2) is 0 Å². The third-order valence-electron chi connectivity index (χ3n) is 7.39. The Labute approximate surface area is 217 Å². The van der Waals surface area contributed by atoms with E-state index in [2.05, 4.69) is 22.8 Å². The molecule has 5 rings (SSSR count). The van der Waals surface area contributed by atoms with E-state index in [1.807, 2.05) is 12.1 Å². The largest absolute Gasteiger partial charge is 0.497 e. The maximum atomic E-state index is 13.3. The number of aliphatic hydroxyl groups excluding tert-OH is 1. The monoisotopic (exact) mass is 509 g/mol. The normalized spacial score (nSPS) is 25.8. The molecular weight excluding hydrogens is 474 g/mol. The van der Waals surface area contributed by atoms with Crippen molar-refractivity contribution in [3.63, 3.8) is 0 Å². The summed E-state index contributed by atoms with van der Waals surface area (Å²) >= 11 is 0. The Morgan fingerprint density at radius 2 is 1.86 bits per heavy atom. The number of nitrogens with one attached hydrogen (secondary N) is 2. The van der Waals surface area contributed by atoms with E-state index >= 15 is 0 Å². The quantitative estimate of drug-likeness (QED) is 0.572. The van der Waals surface area contributed by atoms with Crippen LogP contribution >= 0.6 is 0 Å². The number of nitrogens with zero attached hydrogens (tertiary/aromatic N) is 1. The fourth-order valence-corrected chi connectivity index (χ4v) is 5.62. The molecule has 3 amide bonds. The van der Waals surface area contributed by atoms with Crippen LogP contribution in [0.1, 0.15) is 30.4 Å². The van der Waals surface area contributed by atoms with Crippen LogP contribution in [0, 0.1) is 0 Å². The van der Waals surface area contributed by atoms with Crippen molar-refractivity contribution in [2.45, 2.75) is 62.5 Å². The molecule has 0 spiro atoms. The Morgan fingerprint density at radius 1 is 1.08 bits per heavy atom. The highest BCUT2D eigenvalue weighted by Crippen LogP contribution is 2.29. The molecule has 1 aliphatic carbocycles. The molecule has 0 radical (unpaired) electrons. The summed E-state index contributed by atoms with van der Waals surface area (Å²) in [6.45, 7) is 0.497. The zero-order valence-corrected chi connectivity index (χ0v) is 21.1. The number of ether oxygens (including phenoxy) is 3. The van der Waals surface area contributed by atoms with Gasteiger partial charge in [-0.1, -0.05) is 30.3 Å². The molecule has 2 saturated heterocycles. The summed E-state index contributed by atoms with van der Waals surface area (Å²) in [6.07, 6.45) is 1.84. The number of fused-ring (bicyclic) bond motifs is 2. The molecule has 2 fully saturated rings. The van der Waals surface area contributed by atoms with E-state index in [0.717, 1.165) is 12.8 Å². The van der Waals surface area contributed by atoms with Crippen LogP contribution in [0.2, 0.25) is 0 Å². The van der Waals surface area contributed by atoms with E-state index in [9.17, 15) is 14.7 Å². The predicted molar refractivity (Wildman–Crippen MR) is 138 cm³/mol. The molecule has 37 heavy (non-hydrogen) atoms. The fraction of sp³-hybridized carbons (Fsp3) is 0.500. The van der Waals surface area contributed by atoms with Gasteiger partial charge in [0.25, 0.3) is 0 Å². The molecule has 0 bridgehead atoms. The van der Waals surface area contributed by atoms with Crippen LogP contribution < -0.4 is 15.4 Å². The zero-order chi connectivity index (χ0) is 25.8. The lowest BCUT2D eigenvalue weighted by atomic mass is 9.95. The summed E-state index contributed by atoms with van der Waals surface area (Å²) in [4.78, 5) is 27.8. The summed E-state index contributed by atoms with van der Waals surface area (Å²) in [5, 5.41) is 16.5. The maximum Gasteiger partial charge on any atom is 0.322 e. The van der Waals surface area contributed by atoms with Gasteiger partial charge < -0.3 is 34.9 Å². The molecule has 9 nitrogen and oxygen atoms in total. The van der Waals surface area contributed by atoms with Crippen LogP contribution in [-0.2, 0) is 27.1 Å². The van der Waals surface area contributed by atoms with E-state index in [-0.39, 0.29) is 62.4 Å². The van der Waals surface area contributed by atoms with Gasteiger partial charge in [0.2, 0.25) is 5.91 Å². The highest BCUT2D eigenvalue weighted by molar-refractivity contribution is 5.90. The molecule has 4 atom stereocenters. The highest BCUT2D eigenvalue weighted by atomic mass is 16.5. The summed E-state index contributed by atoms with van der Waals surface area (Å²) in [7, 11) is 1.57. The van der Waals surface area contributed by atoms with Crippen molar-refractivity contribution < 1.29 is 28.9 Å². The van der Waals surface area contributed by atoms with E-state index in [1.165, 1.54) is 11.1 Å². The molecule has 2 aliphatic heterocycles. The second-order valence-electron chi connectivity index (χ2n) is 10.1. The van der Waals surface area contributed by atoms with Crippen LogP contribution in [0.3, 0.4) is 0 Å². The minimum atomic E-state index is -0.795. The Balaban J connectivity index is 1.19. The zero-order valence-electron chi connectivity index (χ0n) is 21.1. The number of methoxy groups -OCH3 is 1. The molecule has 0 saturated carbocycles. The second-order valence-corrected chi connectivity index (χ2v) is 10.1. The molecule has 0 unspecified atom stereocenters. The van der Waals surface area contributed by atoms with Gasteiger partial charge in [-0.25, -0.2) is 4.79 Å². The Kier molecular flexibility index (Phi) is 7.93. The van der Waals surface area contributed by atoms with Crippen molar-refractivity contribution in [2.24, 2.45) is 0 Å². The van der Waals surface area contributed by atoms with Gasteiger partial charge in [-0.15, -0.1) is 0 Å². The molecule has 3 aliphatic rings. The first kappa shape index (κ1) is 25.5. The van der Waals surface area contributed by atoms with Crippen molar-refractivity contribution >= 4 is 17.6 Å². The molecule has 2 heterocycles. The molecule has 198 valence electrons. The number of carbonyl (C=O) groups excluding carboxylic acids is 2. The topological polar surface area (TPSA) is 109 Å². The van der Waals surface area contributed by atoms with Crippen molar-refractivity contribution in [3.05, 3.63) is 59.7 Å². The van der Waals surface area contributed by atoms with E-state index in [1.54, 1.807) is 36.3 Å². The lowest BCUT2D eigenvalue weighted by Crippen LogP contribution is -2.58. The Morgan fingerprint density at radius 3 is 2.62 bits per heavy atom. The standard InChI is InChI=1S/C28H35N3O6/c1-35-23-8-4-7-20(13-23)30-28(34)31-15-22(32)16-36-17-26-25(31)10-9-24(37-26)14-27(33)29-21-11-18-5-2-3-6-19(18)12-21/h2-8,13,21-22,24-26,32H,9-12,14-17H2,1H3,(H,29,33)(H,30,34)/t22-,24-,25-,26+/m1/s1. The SMILES string of the molecule is COc1cccc(NC(=O)N2C[C@@H](O)COC[C@@H]3O[C@@H](CC(=O)NC4Cc5ccccc5C4)CC[C@H]32)c1. The number of benzene rings is 2. The van der Waals surface area contributed by atoms with Crippen LogP contribution in [0.25, 0.3) is 0 Å². The van der Waals surface area contributed by atoms with Crippen molar-refractivity contribution in [3.8, 4) is 5.75 Å². The van der Waals surface area contributed by atoms with Gasteiger partial charge in [-0.05, 0) is 48.9 Å². The van der Waals surface area contributed by atoms with Crippen LogP contribution in [-0.4, -0.2) is 79.2 Å². The molecule has 2 aromatic carbocycles. The summed E-state index contributed by atoms with van der Waals surface area (Å²) in [6, 6.07) is 15.0. The number of urea groups is 1. The number of hydrogen-bond donors (Lipinski definition) is 3. The number of anilines is 1. The number of carbonyl (C=O) groups is 2. The summed E-state index contributed by atoms with van der Waals surface area (Å²) in [5.41, 5.74) is 3.20. The first-order valence-electron chi connectivity index (χ1n) is 13.0. The molecule has 3 N–H and O–H groups in total. The number of rotatable bonds is 5. The average molecular weight is 510 g/mol. The minimum absolute atomic E-state index is 0.0175. The Hall–Kier alpha value is -3.14. The Bertz CT molecular complexity index is 1090. The first-order valence-corrected chi connectivity index (χ1v) is 13.0. The number of β-amino-alcohol motifs (C(OH)–C–C–N with tert-alkyl or cyclic N) is 1. The summed E-state index contributed by atoms with van der Waals surface area (Å²) < 4.78 is 17.2. The lowest BCUT2D eigenvalue weighted by Gasteiger charge is -2.44. The third-order valence-corrected chi connectivity index (χ3v) is 7.39. The van der Waals surface area contributed by atoms with Crippen molar-refractivity contribution in [1.82, 2.24) is 10.2 Å². The molecular formula is C28H35N3O6. The van der Waals surface area contributed by atoms with Gasteiger partial charge >= 0.3 is 6.03 Å². The van der Waals surface area contributed by atoms with Crippen molar-refractivity contribution in [1.29, 1.82) is 0 Å². The van der Waals surface area contributed by atoms with E-state index < -0.39 is 6.10 Å². The number of hydrogen-bond acceptors (Lipinski definition) is 6. The van der Waals surface area contributed by atoms with Crippen molar-refractivity contribution in [2.75, 3.05) is 32.2 Å². The van der Waals surface area contributed by atoms with E-state index in [0.29, 0.717) is 24.3 Å². The van der Waals surface area contributed by atoms with Crippen LogP contribution in [0.4, 0.5) is 10.5 Å². The number of amides is 3. The summed E-state index contributed by atoms with van der Waals surface area (Å²) in [5.74, 6) is 0.622. The van der Waals surface area contributed by atoms with Gasteiger partial charge in [0.05, 0.1) is 51.5 Å². The lowest BCUT2D eigenvalue weighted by molar-refractivity contribution is -0.150. The first-order chi connectivity index (χ1) is 18.0. The minimum Gasteiger partial charge on any atom is -0.497 e. The molecule has 9 heteroatoms. The highest BCUT2D eigenvalue weighted by Gasteiger charge is 2.40. The van der Waals surface area contributed by atoms with Crippen LogP contribution in [0.15, 0.2) is 48.5 Å². The fourth-order valence-electron chi connectivity index (χ4n) is 5.62. The predicted octanol–water partition coefficient (Wildman–Crippen LogP) is 2.51. The number of aliphatic hydroxyl groups is 1. The van der Waals surface area contributed by atoms with Crippen LogP contribution in [0.5, 0.6) is 5.75 Å². The maximum absolute atomic E-state index is 13.3. The van der Waals surface area contributed by atoms with Gasteiger partial charge in [-0.3, -0.25) is 4.79 Å². The third kappa shape index (κ3) is 6.23. The molecule has 0 aromatic heterocycles. The average Bonchev–Trinajstić information content (AvgIpc) is 3.28. The van der Waals surface area contributed by atoms with Gasteiger partial charge in [-0.2, -0.15) is 0 Å². The van der Waals surface area contributed by atoms with E-state index in [4.69, 9.17) is 14.2 Å². The van der Waals surface area contributed by atoms with Gasteiger partial charge in [0, 0.05) is 17.8 Å². The smallest absolute Gasteiger partial charge is 0.322 e. The molecule has 2 aromatic rings.